The number of benzene rings is 1. The van der Waals surface area contributed by atoms with E-state index in [9.17, 15) is 0 Å². The molecule has 0 atom stereocenters. The van der Waals surface area contributed by atoms with E-state index in [1.54, 1.807) is 44.3 Å². The summed E-state index contributed by atoms with van der Waals surface area (Å²) in [6.07, 6.45) is 5.06. The molecule has 5 rings (SSSR count). The zero-order valence-electron chi connectivity index (χ0n) is 18.5. The van der Waals surface area contributed by atoms with Gasteiger partial charge in [-0.05, 0) is 17.5 Å². The highest BCUT2D eigenvalue weighted by Crippen LogP contribution is 2.35. The maximum absolute atomic E-state index is 5.77. The van der Waals surface area contributed by atoms with Crippen molar-refractivity contribution in [2.75, 3.05) is 50.2 Å². The quantitative estimate of drug-likeness (QED) is 0.408. The molecule has 0 bridgehead atoms. The van der Waals surface area contributed by atoms with E-state index in [4.69, 9.17) is 14.2 Å². The Morgan fingerprint density at radius 3 is 2.33 bits per heavy atom. The number of hydrogen-bond acceptors (Lipinski definition) is 10. The summed E-state index contributed by atoms with van der Waals surface area (Å²) in [5.74, 6) is 3.58. The molecular weight excluding hydrogens is 440 g/mol. The molecule has 33 heavy (non-hydrogen) atoms. The van der Waals surface area contributed by atoms with Gasteiger partial charge in [0.25, 0.3) is 0 Å². The van der Waals surface area contributed by atoms with Crippen LogP contribution in [0.5, 0.6) is 17.2 Å². The fourth-order valence-electron chi connectivity index (χ4n) is 3.84. The summed E-state index contributed by atoms with van der Waals surface area (Å²) >= 11 is 1.67. The molecule has 0 unspecified atom stereocenters. The number of piperazine rings is 1. The van der Waals surface area contributed by atoms with E-state index in [1.807, 2.05) is 29.6 Å². The first kappa shape index (κ1) is 21.2. The summed E-state index contributed by atoms with van der Waals surface area (Å²) in [4.78, 5) is 23.6. The number of aromatic nitrogens is 4. The summed E-state index contributed by atoms with van der Waals surface area (Å²) in [6.45, 7) is 3.69. The van der Waals surface area contributed by atoms with Crippen molar-refractivity contribution in [3.05, 3.63) is 53.2 Å². The molecule has 0 spiro atoms. The van der Waals surface area contributed by atoms with Crippen LogP contribution in [0.3, 0.4) is 0 Å². The Kier molecular flexibility index (Phi) is 6.07. The van der Waals surface area contributed by atoms with Gasteiger partial charge in [-0.2, -0.15) is 0 Å². The van der Waals surface area contributed by atoms with Gasteiger partial charge in [-0.3, -0.25) is 0 Å². The van der Waals surface area contributed by atoms with Crippen LogP contribution in [0.2, 0.25) is 0 Å². The number of rotatable bonds is 7. The molecule has 1 aliphatic rings. The minimum Gasteiger partial charge on any atom is -0.493 e. The first-order chi connectivity index (χ1) is 16.2. The molecule has 0 amide bonds. The van der Waals surface area contributed by atoms with Gasteiger partial charge in [0.05, 0.1) is 32.1 Å². The molecule has 170 valence electrons. The first-order valence-electron chi connectivity index (χ1n) is 10.6. The minimum absolute atomic E-state index is 0.530. The lowest BCUT2D eigenvalue weighted by atomic mass is 10.2. The summed E-state index contributed by atoms with van der Waals surface area (Å²) < 4.78 is 16.7. The highest BCUT2D eigenvalue weighted by molar-refractivity contribution is 7.09. The molecule has 1 saturated heterocycles. The molecule has 4 heterocycles. The van der Waals surface area contributed by atoms with Gasteiger partial charge in [0, 0.05) is 42.5 Å². The second-order valence-corrected chi connectivity index (χ2v) is 8.51. The standard InChI is InChI=1S/C23H24N6O3S/c1-30-20-10-18-19(11-21(20)31-2)26-15-27-22(18)28-5-7-29(8-6-28)23-24-12-16(13-25-23)32-14-17-4-3-9-33-17/h3-4,9-13,15H,5-8,14H2,1-2H3. The third-order valence-electron chi connectivity index (χ3n) is 5.56. The van der Waals surface area contributed by atoms with Crippen molar-refractivity contribution in [2.24, 2.45) is 0 Å². The van der Waals surface area contributed by atoms with Crippen LogP contribution in [0.1, 0.15) is 4.88 Å². The Morgan fingerprint density at radius 1 is 0.909 bits per heavy atom. The van der Waals surface area contributed by atoms with Crippen molar-refractivity contribution in [3.8, 4) is 17.2 Å². The third-order valence-corrected chi connectivity index (χ3v) is 6.41. The summed E-state index contributed by atoms with van der Waals surface area (Å²) in [5, 5.41) is 2.97. The van der Waals surface area contributed by atoms with Gasteiger partial charge in [-0.15, -0.1) is 11.3 Å². The molecule has 4 aromatic rings. The van der Waals surface area contributed by atoms with Gasteiger partial charge in [-0.1, -0.05) is 6.07 Å². The summed E-state index contributed by atoms with van der Waals surface area (Å²) in [7, 11) is 3.25. The molecule has 1 aliphatic heterocycles. The Balaban J connectivity index is 1.26. The van der Waals surface area contributed by atoms with Crippen LogP contribution in [0, 0.1) is 0 Å². The van der Waals surface area contributed by atoms with E-state index in [2.05, 4.69) is 29.7 Å². The molecule has 10 heteroatoms. The van der Waals surface area contributed by atoms with Crippen LogP contribution < -0.4 is 24.0 Å². The van der Waals surface area contributed by atoms with E-state index >= 15 is 0 Å². The van der Waals surface area contributed by atoms with Crippen LogP contribution in [0.15, 0.2) is 48.4 Å². The zero-order chi connectivity index (χ0) is 22.6. The topological polar surface area (TPSA) is 85.7 Å². The van der Waals surface area contributed by atoms with Crippen LogP contribution in [0.4, 0.5) is 11.8 Å². The molecule has 3 aromatic heterocycles. The molecule has 0 saturated carbocycles. The predicted octanol–water partition coefficient (Wildman–Crippen LogP) is 3.40. The molecule has 0 aliphatic carbocycles. The normalized spacial score (nSPS) is 13.9. The Labute approximate surface area is 195 Å². The van der Waals surface area contributed by atoms with Gasteiger partial charge in [-0.25, -0.2) is 19.9 Å². The second-order valence-electron chi connectivity index (χ2n) is 7.48. The Bertz CT molecular complexity index is 1210. The number of thiophene rings is 1. The number of nitrogens with zero attached hydrogens (tertiary/aromatic N) is 6. The lowest BCUT2D eigenvalue weighted by Gasteiger charge is -2.35. The number of anilines is 2. The number of hydrogen-bond donors (Lipinski definition) is 0. The molecule has 0 N–H and O–H groups in total. The average molecular weight is 465 g/mol. The Hall–Kier alpha value is -3.66. The molecule has 9 nitrogen and oxygen atoms in total. The summed E-state index contributed by atoms with van der Waals surface area (Å²) in [6, 6.07) is 7.88. The monoisotopic (exact) mass is 464 g/mol. The maximum atomic E-state index is 5.77. The van der Waals surface area contributed by atoms with E-state index in [0.717, 1.165) is 42.9 Å². The van der Waals surface area contributed by atoms with Crippen molar-refractivity contribution < 1.29 is 14.2 Å². The van der Waals surface area contributed by atoms with E-state index < -0.39 is 0 Å². The fraction of sp³-hybridized carbons (Fsp3) is 0.304. The molecule has 0 radical (unpaired) electrons. The van der Waals surface area contributed by atoms with Gasteiger partial charge >= 0.3 is 0 Å². The second kappa shape index (κ2) is 9.45. The third kappa shape index (κ3) is 4.47. The lowest BCUT2D eigenvalue weighted by Crippen LogP contribution is -2.47. The van der Waals surface area contributed by atoms with Crippen LogP contribution in [0.25, 0.3) is 10.9 Å². The van der Waals surface area contributed by atoms with Crippen LogP contribution in [-0.4, -0.2) is 60.3 Å². The van der Waals surface area contributed by atoms with Crippen LogP contribution in [-0.2, 0) is 6.61 Å². The van der Waals surface area contributed by atoms with E-state index in [-0.39, 0.29) is 0 Å². The molecule has 1 fully saturated rings. The largest absolute Gasteiger partial charge is 0.493 e. The average Bonchev–Trinajstić information content (AvgIpc) is 3.40. The highest BCUT2D eigenvalue weighted by atomic mass is 32.1. The molecule has 1 aromatic carbocycles. The fourth-order valence-corrected chi connectivity index (χ4v) is 4.45. The predicted molar refractivity (Wildman–Crippen MR) is 128 cm³/mol. The zero-order valence-corrected chi connectivity index (χ0v) is 19.3. The number of fused-ring (bicyclic) bond motifs is 1. The van der Waals surface area contributed by atoms with Gasteiger partial charge in [0.1, 0.15) is 18.8 Å². The van der Waals surface area contributed by atoms with E-state index in [1.165, 1.54) is 4.88 Å². The minimum atomic E-state index is 0.530. The number of methoxy groups -OCH3 is 2. The van der Waals surface area contributed by atoms with Gasteiger partial charge in [0.15, 0.2) is 17.2 Å². The lowest BCUT2D eigenvalue weighted by molar-refractivity contribution is 0.307. The summed E-state index contributed by atoms with van der Waals surface area (Å²) in [5.41, 5.74) is 0.821. The van der Waals surface area contributed by atoms with Gasteiger partial charge in [0.2, 0.25) is 5.95 Å². The van der Waals surface area contributed by atoms with Crippen molar-refractivity contribution >= 4 is 34.0 Å². The first-order valence-corrected chi connectivity index (χ1v) is 11.5. The van der Waals surface area contributed by atoms with Crippen molar-refractivity contribution in [1.82, 2.24) is 19.9 Å². The number of ether oxygens (including phenoxy) is 3. The van der Waals surface area contributed by atoms with Crippen molar-refractivity contribution in [2.45, 2.75) is 6.61 Å². The molecular formula is C23H24N6O3S. The SMILES string of the molecule is COc1cc2ncnc(N3CCN(c4ncc(OCc5cccs5)cn4)CC3)c2cc1OC. The van der Waals surface area contributed by atoms with Crippen LogP contribution >= 0.6 is 11.3 Å². The Morgan fingerprint density at radius 2 is 1.64 bits per heavy atom. The van der Waals surface area contributed by atoms with Crippen molar-refractivity contribution in [1.29, 1.82) is 0 Å². The van der Waals surface area contributed by atoms with Gasteiger partial charge < -0.3 is 24.0 Å². The highest BCUT2D eigenvalue weighted by Gasteiger charge is 2.22. The maximum Gasteiger partial charge on any atom is 0.225 e. The van der Waals surface area contributed by atoms with E-state index in [0.29, 0.717) is 29.8 Å². The van der Waals surface area contributed by atoms with Crippen molar-refractivity contribution in [3.63, 3.8) is 0 Å². The smallest absolute Gasteiger partial charge is 0.225 e.